The van der Waals surface area contributed by atoms with E-state index in [0.717, 1.165) is 6.08 Å². The van der Waals surface area contributed by atoms with E-state index in [1.54, 1.807) is 18.2 Å². The van der Waals surface area contributed by atoms with Crippen LogP contribution in [0.3, 0.4) is 0 Å². The molecular formula is C22H26N2O7. The molecule has 0 unspecified atom stereocenters. The Morgan fingerprint density at radius 1 is 1.06 bits per heavy atom. The standard InChI is InChI=1S/C22H26N2O7/c1-12(2)10-17(21(28)24-15(22(29)30)8-9-19(26)31-3)23-16-11-18(25)13-6-4-5-7-14(13)20(16)27/h4-7,11-12,15,17,23H,8-10H2,1-3H3,(H,24,28)(H,29,30)/t15-,17-/m0/s1. The van der Waals surface area contributed by atoms with Crippen molar-refractivity contribution in [3.63, 3.8) is 0 Å². The number of amides is 1. The highest BCUT2D eigenvalue weighted by molar-refractivity contribution is 6.24. The van der Waals surface area contributed by atoms with Crippen LogP contribution in [0, 0.1) is 5.92 Å². The van der Waals surface area contributed by atoms with Crippen LogP contribution in [0.2, 0.25) is 0 Å². The van der Waals surface area contributed by atoms with Gasteiger partial charge in [0.25, 0.3) is 0 Å². The van der Waals surface area contributed by atoms with E-state index >= 15 is 0 Å². The fraction of sp³-hybridized carbons (Fsp3) is 0.409. The van der Waals surface area contributed by atoms with Crippen LogP contribution >= 0.6 is 0 Å². The molecule has 0 aromatic heterocycles. The van der Waals surface area contributed by atoms with E-state index in [9.17, 15) is 29.1 Å². The molecule has 31 heavy (non-hydrogen) atoms. The van der Waals surface area contributed by atoms with Gasteiger partial charge < -0.3 is 20.5 Å². The highest BCUT2D eigenvalue weighted by atomic mass is 16.5. The molecule has 3 N–H and O–H groups in total. The van der Waals surface area contributed by atoms with Crippen molar-refractivity contribution < 1.29 is 33.8 Å². The number of hydrogen-bond donors (Lipinski definition) is 3. The van der Waals surface area contributed by atoms with E-state index in [0.29, 0.717) is 0 Å². The summed E-state index contributed by atoms with van der Waals surface area (Å²) in [6.45, 7) is 3.73. The number of rotatable bonds is 10. The molecule has 0 saturated carbocycles. The second kappa shape index (κ2) is 10.5. The Morgan fingerprint density at radius 3 is 2.29 bits per heavy atom. The number of ether oxygens (including phenoxy) is 1. The van der Waals surface area contributed by atoms with Crippen LogP contribution in [-0.4, -0.2) is 53.7 Å². The lowest BCUT2D eigenvalue weighted by Crippen LogP contribution is -2.51. The summed E-state index contributed by atoms with van der Waals surface area (Å²) in [5.74, 6) is -3.28. The molecule has 1 aromatic carbocycles. The molecule has 1 aliphatic carbocycles. The van der Waals surface area contributed by atoms with Gasteiger partial charge >= 0.3 is 11.9 Å². The number of nitrogens with one attached hydrogen (secondary N) is 2. The number of esters is 1. The third kappa shape index (κ3) is 6.24. The molecule has 1 aliphatic rings. The molecule has 0 aliphatic heterocycles. The van der Waals surface area contributed by atoms with Gasteiger partial charge in [-0.05, 0) is 18.8 Å². The zero-order chi connectivity index (χ0) is 23.1. The van der Waals surface area contributed by atoms with Crippen LogP contribution < -0.4 is 10.6 Å². The van der Waals surface area contributed by atoms with Crippen molar-refractivity contribution in [2.45, 2.75) is 45.2 Å². The van der Waals surface area contributed by atoms with Crippen LogP contribution in [0.1, 0.15) is 53.8 Å². The number of Topliss-reactive ketones (excluding diaryl/α,β-unsaturated/α-hetero) is 1. The van der Waals surface area contributed by atoms with E-state index < -0.39 is 35.7 Å². The Kier molecular flexibility index (Phi) is 8.07. The number of carbonyl (C=O) groups excluding carboxylic acids is 4. The summed E-state index contributed by atoms with van der Waals surface area (Å²) < 4.78 is 4.50. The Hall–Kier alpha value is -3.49. The van der Waals surface area contributed by atoms with Crippen molar-refractivity contribution in [2.24, 2.45) is 5.92 Å². The van der Waals surface area contributed by atoms with Gasteiger partial charge in [-0.2, -0.15) is 0 Å². The summed E-state index contributed by atoms with van der Waals surface area (Å²) in [7, 11) is 1.19. The number of fused-ring (bicyclic) bond motifs is 1. The normalized spacial score (nSPS) is 14.9. The summed E-state index contributed by atoms with van der Waals surface area (Å²) in [5, 5.41) is 14.6. The largest absolute Gasteiger partial charge is 0.480 e. The van der Waals surface area contributed by atoms with Crippen LogP contribution in [0.5, 0.6) is 0 Å². The van der Waals surface area contributed by atoms with Crippen LogP contribution in [0.25, 0.3) is 0 Å². The van der Waals surface area contributed by atoms with Crippen LogP contribution in [0.15, 0.2) is 36.0 Å². The van der Waals surface area contributed by atoms with Gasteiger partial charge in [0.2, 0.25) is 11.7 Å². The van der Waals surface area contributed by atoms with E-state index in [2.05, 4.69) is 15.4 Å². The summed E-state index contributed by atoms with van der Waals surface area (Å²) in [6.07, 6.45) is 1.12. The molecule has 9 heteroatoms. The summed E-state index contributed by atoms with van der Waals surface area (Å²) in [5.41, 5.74) is 0.505. The number of ketones is 2. The van der Waals surface area contributed by atoms with Gasteiger partial charge in [-0.1, -0.05) is 38.1 Å². The van der Waals surface area contributed by atoms with Crippen molar-refractivity contribution in [2.75, 3.05) is 7.11 Å². The number of carboxylic acid groups (broad SMARTS) is 1. The first-order valence-corrected chi connectivity index (χ1v) is 9.90. The van der Waals surface area contributed by atoms with Gasteiger partial charge in [-0.15, -0.1) is 0 Å². The molecule has 0 fully saturated rings. The van der Waals surface area contributed by atoms with Crippen molar-refractivity contribution in [3.8, 4) is 0 Å². The zero-order valence-electron chi connectivity index (χ0n) is 17.6. The number of aliphatic carboxylic acids is 1. The number of carboxylic acids is 1. The van der Waals surface area contributed by atoms with E-state index in [1.165, 1.54) is 13.2 Å². The molecule has 1 aromatic rings. The molecule has 2 atom stereocenters. The smallest absolute Gasteiger partial charge is 0.326 e. The third-order valence-corrected chi connectivity index (χ3v) is 4.79. The van der Waals surface area contributed by atoms with Crippen molar-refractivity contribution in [3.05, 3.63) is 47.2 Å². The quantitative estimate of drug-likeness (QED) is 0.474. The first-order chi connectivity index (χ1) is 14.6. The minimum atomic E-state index is -1.30. The second-order valence-electron chi connectivity index (χ2n) is 7.64. The van der Waals surface area contributed by atoms with Crippen LogP contribution in [0.4, 0.5) is 0 Å². The Balaban J connectivity index is 2.18. The first kappa shape index (κ1) is 23.8. The molecule has 1 amide bonds. The lowest BCUT2D eigenvalue weighted by Gasteiger charge is -2.25. The Labute approximate surface area is 179 Å². The molecule has 0 spiro atoms. The molecule has 0 saturated heterocycles. The number of methoxy groups -OCH3 is 1. The lowest BCUT2D eigenvalue weighted by molar-refractivity contribution is -0.144. The fourth-order valence-electron chi connectivity index (χ4n) is 3.21. The number of hydrogen-bond acceptors (Lipinski definition) is 7. The van der Waals surface area contributed by atoms with Gasteiger partial charge in [0.15, 0.2) is 5.78 Å². The molecule has 2 rings (SSSR count). The first-order valence-electron chi connectivity index (χ1n) is 9.90. The molecule has 166 valence electrons. The molecule has 0 radical (unpaired) electrons. The molecule has 0 bridgehead atoms. The second-order valence-corrected chi connectivity index (χ2v) is 7.64. The number of allylic oxidation sites excluding steroid dienone is 2. The van der Waals surface area contributed by atoms with Crippen molar-refractivity contribution >= 4 is 29.4 Å². The predicted molar refractivity (Wildman–Crippen MR) is 110 cm³/mol. The third-order valence-electron chi connectivity index (χ3n) is 4.79. The van der Waals surface area contributed by atoms with Gasteiger partial charge in [0.1, 0.15) is 12.1 Å². The van der Waals surface area contributed by atoms with Gasteiger partial charge in [0, 0.05) is 23.6 Å². The SMILES string of the molecule is COC(=O)CC[C@H](NC(=O)[C@H](CC(C)C)NC1=CC(=O)c2ccccc2C1=O)C(=O)O. The fourth-order valence-corrected chi connectivity index (χ4v) is 3.21. The highest BCUT2D eigenvalue weighted by Gasteiger charge is 2.31. The van der Waals surface area contributed by atoms with Gasteiger partial charge in [-0.25, -0.2) is 4.79 Å². The summed E-state index contributed by atoms with van der Waals surface area (Å²) in [4.78, 5) is 60.8. The average Bonchev–Trinajstić information content (AvgIpc) is 2.73. The molecular weight excluding hydrogens is 404 g/mol. The predicted octanol–water partition coefficient (Wildman–Crippen LogP) is 1.48. The lowest BCUT2D eigenvalue weighted by atomic mass is 9.92. The zero-order valence-corrected chi connectivity index (χ0v) is 17.6. The number of carbonyl (C=O) groups is 5. The molecule has 9 nitrogen and oxygen atoms in total. The number of benzene rings is 1. The summed E-state index contributed by atoms with van der Waals surface area (Å²) in [6, 6.07) is 4.14. The van der Waals surface area contributed by atoms with Crippen molar-refractivity contribution in [1.82, 2.24) is 10.6 Å². The van der Waals surface area contributed by atoms with E-state index in [-0.39, 0.29) is 47.8 Å². The van der Waals surface area contributed by atoms with Gasteiger partial charge in [0.05, 0.1) is 12.8 Å². The topological polar surface area (TPSA) is 139 Å². The maximum Gasteiger partial charge on any atom is 0.326 e. The van der Waals surface area contributed by atoms with E-state index in [1.807, 2.05) is 13.8 Å². The molecule has 0 heterocycles. The Bertz CT molecular complexity index is 920. The van der Waals surface area contributed by atoms with Gasteiger partial charge in [-0.3, -0.25) is 19.2 Å². The maximum atomic E-state index is 12.8. The van der Waals surface area contributed by atoms with E-state index in [4.69, 9.17) is 0 Å². The minimum absolute atomic E-state index is 0.0223. The van der Waals surface area contributed by atoms with Crippen molar-refractivity contribution in [1.29, 1.82) is 0 Å². The summed E-state index contributed by atoms with van der Waals surface area (Å²) >= 11 is 0. The highest BCUT2D eigenvalue weighted by Crippen LogP contribution is 2.21. The monoisotopic (exact) mass is 430 g/mol. The maximum absolute atomic E-state index is 12.8. The van der Waals surface area contributed by atoms with Crippen LogP contribution in [-0.2, 0) is 19.1 Å². The average molecular weight is 430 g/mol. The Morgan fingerprint density at radius 2 is 1.71 bits per heavy atom. The minimum Gasteiger partial charge on any atom is -0.480 e.